The van der Waals surface area contributed by atoms with E-state index in [2.05, 4.69) is 18.7 Å². The number of hydrogen-bond acceptors (Lipinski definition) is 3. The third-order valence-electron chi connectivity index (χ3n) is 4.37. The second-order valence-electron chi connectivity index (χ2n) is 6.23. The zero-order valence-corrected chi connectivity index (χ0v) is 10.8. The van der Waals surface area contributed by atoms with Gasteiger partial charge in [-0.25, -0.2) is 5.06 Å². The minimum absolute atomic E-state index is 0.178. The van der Waals surface area contributed by atoms with Gasteiger partial charge in [-0.2, -0.15) is 0 Å². The monoisotopic (exact) mass is 238 g/mol. The molecule has 1 spiro atoms. The van der Waals surface area contributed by atoms with Crippen LogP contribution in [-0.4, -0.2) is 47.7 Å². The number of piperidine rings is 3. The van der Waals surface area contributed by atoms with E-state index in [1.165, 1.54) is 25.9 Å². The van der Waals surface area contributed by atoms with E-state index in [9.17, 15) is 4.79 Å². The number of nitrogens with zero attached hydrogens (tertiary/aromatic N) is 2. The zero-order chi connectivity index (χ0) is 12.0. The average Bonchev–Trinajstić information content (AvgIpc) is 2.55. The number of rotatable bonds is 2. The molecular weight excluding hydrogens is 216 g/mol. The molecule has 0 aliphatic carbocycles. The summed E-state index contributed by atoms with van der Waals surface area (Å²) < 4.78 is 0. The highest BCUT2D eigenvalue weighted by Gasteiger charge is 2.55. The van der Waals surface area contributed by atoms with Crippen LogP contribution in [0.2, 0.25) is 0 Å². The van der Waals surface area contributed by atoms with Crippen molar-refractivity contribution in [1.29, 1.82) is 0 Å². The van der Waals surface area contributed by atoms with Crippen LogP contribution in [-0.2, 0) is 9.63 Å². The summed E-state index contributed by atoms with van der Waals surface area (Å²) in [4.78, 5) is 20.6. The predicted molar refractivity (Wildman–Crippen MR) is 64.1 cm³/mol. The molecule has 4 heterocycles. The molecule has 2 bridgehead atoms. The lowest BCUT2D eigenvalue weighted by Crippen LogP contribution is -2.59. The molecule has 0 radical (unpaired) electrons. The molecule has 0 aromatic carbocycles. The second kappa shape index (κ2) is 3.95. The summed E-state index contributed by atoms with van der Waals surface area (Å²) in [5, 5.41) is 1.63. The molecule has 96 valence electrons. The molecule has 1 unspecified atom stereocenters. The molecule has 0 N–H and O–H groups in total. The predicted octanol–water partition coefficient (Wildman–Crippen LogP) is 1.27. The Bertz CT molecular complexity index is 323. The number of carbonyl (C=O) groups excluding carboxylic acids is 1. The quantitative estimate of drug-likeness (QED) is 0.726. The van der Waals surface area contributed by atoms with Crippen LogP contribution in [0, 0.1) is 11.8 Å². The molecule has 4 nitrogen and oxygen atoms in total. The largest absolute Gasteiger partial charge is 0.300 e. The molecular formula is C13H22N2O2. The van der Waals surface area contributed by atoms with Crippen molar-refractivity contribution in [2.24, 2.45) is 11.8 Å². The maximum atomic E-state index is 12.0. The summed E-state index contributed by atoms with van der Waals surface area (Å²) in [5.41, 5.74) is -0.178. The Kier molecular flexibility index (Phi) is 2.67. The van der Waals surface area contributed by atoms with Gasteiger partial charge in [0.15, 0.2) is 0 Å². The Morgan fingerprint density at radius 2 is 2.12 bits per heavy atom. The summed E-state index contributed by atoms with van der Waals surface area (Å²) in [5.74, 6) is 1.25. The average molecular weight is 238 g/mol. The van der Waals surface area contributed by atoms with Gasteiger partial charge >= 0.3 is 0 Å². The standard InChI is InChI=1S/C13H22N2O2/c1-10(2)8-15-12(16)7-13(17-15)9-14-5-3-11(13)4-6-14/h10-11H,3-9H2,1-2H3. The van der Waals surface area contributed by atoms with Crippen molar-refractivity contribution in [1.82, 2.24) is 9.96 Å². The number of amides is 1. The van der Waals surface area contributed by atoms with Crippen molar-refractivity contribution in [3.63, 3.8) is 0 Å². The summed E-state index contributed by atoms with van der Waals surface area (Å²) in [7, 11) is 0. The van der Waals surface area contributed by atoms with Gasteiger partial charge in [0.05, 0.1) is 13.0 Å². The van der Waals surface area contributed by atoms with E-state index < -0.39 is 0 Å². The van der Waals surface area contributed by atoms with Crippen LogP contribution in [0.3, 0.4) is 0 Å². The highest BCUT2D eigenvalue weighted by atomic mass is 16.7. The smallest absolute Gasteiger partial charge is 0.249 e. The van der Waals surface area contributed by atoms with E-state index in [1.807, 2.05) is 0 Å². The topological polar surface area (TPSA) is 32.8 Å². The molecule has 4 saturated heterocycles. The summed E-state index contributed by atoms with van der Waals surface area (Å²) in [6.45, 7) is 8.31. The van der Waals surface area contributed by atoms with Gasteiger partial charge in [-0.05, 0) is 37.8 Å². The van der Waals surface area contributed by atoms with Crippen LogP contribution in [0.15, 0.2) is 0 Å². The zero-order valence-electron chi connectivity index (χ0n) is 10.8. The first kappa shape index (κ1) is 11.5. The molecule has 4 aliphatic heterocycles. The lowest BCUT2D eigenvalue weighted by atomic mass is 9.74. The lowest BCUT2D eigenvalue weighted by Gasteiger charge is -2.49. The fraction of sp³-hybridized carbons (Fsp3) is 0.923. The molecule has 17 heavy (non-hydrogen) atoms. The Labute approximate surface area is 103 Å². The van der Waals surface area contributed by atoms with Gasteiger partial charge in [0.1, 0.15) is 5.60 Å². The molecule has 0 aromatic rings. The summed E-state index contributed by atoms with van der Waals surface area (Å²) in [6.07, 6.45) is 2.99. The van der Waals surface area contributed by atoms with Gasteiger partial charge in [-0.1, -0.05) is 13.8 Å². The third-order valence-corrected chi connectivity index (χ3v) is 4.37. The van der Waals surface area contributed by atoms with Crippen LogP contribution < -0.4 is 0 Å². The van der Waals surface area contributed by atoms with Crippen LogP contribution in [0.4, 0.5) is 0 Å². The van der Waals surface area contributed by atoms with Crippen molar-refractivity contribution < 1.29 is 9.63 Å². The van der Waals surface area contributed by atoms with Gasteiger partial charge in [0.2, 0.25) is 5.91 Å². The molecule has 4 aliphatic rings. The molecule has 4 heteroatoms. The first-order valence-corrected chi connectivity index (χ1v) is 6.81. The number of hydrogen-bond donors (Lipinski definition) is 0. The van der Waals surface area contributed by atoms with E-state index in [-0.39, 0.29) is 11.5 Å². The van der Waals surface area contributed by atoms with Gasteiger partial charge in [-0.15, -0.1) is 0 Å². The van der Waals surface area contributed by atoms with Crippen LogP contribution in [0.25, 0.3) is 0 Å². The highest BCUT2D eigenvalue weighted by molar-refractivity contribution is 5.78. The number of carbonyl (C=O) groups is 1. The Balaban J connectivity index is 1.75. The molecule has 1 amide bonds. The molecule has 4 rings (SSSR count). The van der Waals surface area contributed by atoms with Crippen molar-refractivity contribution in [3.8, 4) is 0 Å². The molecule has 0 aromatic heterocycles. The van der Waals surface area contributed by atoms with Crippen molar-refractivity contribution in [2.45, 2.75) is 38.7 Å². The first-order chi connectivity index (χ1) is 8.09. The maximum Gasteiger partial charge on any atom is 0.249 e. The van der Waals surface area contributed by atoms with Crippen LogP contribution in [0.1, 0.15) is 33.1 Å². The minimum Gasteiger partial charge on any atom is -0.300 e. The Morgan fingerprint density at radius 3 is 2.65 bits per heavy atom. The second-order valence-corrected chi connectivity index (χ2v) is 6.23. The van der Waals surface area contributed by atoms with E-state index in [0.29, 0.717) is 18.3 Å². The van der Waals surface area contributed by atoms with Gasteiger partial charge in [-0.3, -0.25) is 9.63 Å². The minimum atomic E-state index is -0.178. The SMILES string of the molecule is CC(C)CN1OC2(CC1=O)CN1CCC2CC1. The van der Waals surface area contributed by atoms with E-state index >= 15 is 0 Å². The molecule has 1 atom stereocenters. The fourth-order valence-electron chi connectivity index (χ4n) is 3.55. The van der Waals surface area contributed by atoms with Crippen molar-refractivity contribution in [3.05, 3.63) is 0 Å². The molecule has 0 saturated carbocycles. The van der Waals surface area contributed by atoms with Crippen molar-refractivity contribution in [2.75, 3.05) is 26.2 Å². The number of hydroxylamine groups is 2. The fourth-order valence-corrected chi connectivity index (χ4v) is 3.55. The van der Waals surface area contributed by atoms with Gasteiger partial charge in [0, 0.05) is 6.54 Å². The normalized spacial score (nSPS) is 40.9. The van der Waals surface area contributed by atoms with Crippen LogP contribution in [0.5, 0.6) is 0 Å². The Morgan fingerprint density at radius 1 is 1.41 bits per heavy atom. The number of fused-ring (bicyclic) bond motifs is 2. The third kappa shape index (κ3) is 1.87. The van der Waals surface area contributed by atoms with Crippen LogP contribution >= 0.6 is 0 Å². The van der Waals surface area contributed by atoms with Crippen molar-refractivity contribution >= 4 is 5.91 Å². The first-order valence-electron chi connectivity index (χ1n) is 6.81. The van der Waals surface area contributed by atoms with E-state index in [4.69, 9.17) is 4.84 Å². The highest BCUT2D eigenvalue weighted by Crippen LogP contribution is 2.44. The Hall–Kier alpha value is -0.610. The lowest BCUT2D eigenvalue weighted by molar-refractivity contribution is -0.241. The summed E-state index contributed by atoms with van der Waals surface area (Å²) in [6, 6.07) is 0. The maximum absolute atomic E-state index is 12.0. The van der Waals surface area contributed by atoms with E-state index in [1.54, 1.807) is 5.06 Å². The van der Waals surface area contributed by atoms with Gasteiger partial charge in [0.25, 0.3) is 0 Å². The van der Waals surface area contributed by atoms with Gasteiger partial charge < -0.3 is 4.90 Å². The molecule has 4 fully saturated rings. The summed E-state index contributed by atoms with van der Waals surface area (Å²) >= 11 is 0. The van der Waals surface area contributed by atoms with E-state index in [0.717, 1.165) is 13.1 Å².